The molecule has 0 radical (unpaired) electrons. The Bertz CT molecular complexity index is 447. The Morgan fingerprint density at radius 1 is 1.29 bits per heavy atom. The van der Waals surface area contributed by atoms with Gasteiger partial charge < -0.3 is 4.74 Å². The fourth-order valence-electron chi connectivity index (χ4n) is 2.02. The number of benzene rings is 1. The van der Waals surface area contributed by atoms with Crippen molar-refractivity contribution in [3.05, 3.63) is 28.3 Å². The molecule has 0 aliphatic rings. The van der Waals surface area contributed by atoms with Crippen LogP contribution in [0.2, 0.25) is 0 Å². The lowest BCUT2D eigenvalue weighted by Gasteiger charge is -2.20. The van der Waals surface area contributed by atoms with E-state index in [2.05, 4.69) is 32.9 Å². The lowest BCUT2D eigenvalue weighted by molar-refractivity contribution is 0.347. The third kappa shape index (κ3) is 2.98. The summed E-state index contributed by atoms with van der Waals surface area (Å²) in [6, 6.07) is 4.33. The highest BCUT2D eigenvalue weighted by Gasteiger charge is 2.13. The molecule has 0 N–H and O–H groups in total. The largest absolute Gasteiger partial charge is 0.496 e. The average Bonchev–Trinajstić information content (AvgIpc) is 2.27. The van der Waals surface area contributed by atoms with Crippen molar-refractivity contribution in [3.63, 3.8) is 0 Å². The van der Waals surface area contributed by atoms with E-state index in [4.69, 9.17) is 10.00 Å². The molecule has 3 heteroatoms. The summed E-state index contributed by atoms with van der Waals surface area (Å²) in [5, 5.41) is 8.69. The van der Waals surface area contributed by atoms with Gasteiger partial charge in [0.15, 0.2) is 0 Å². The fourth-order valence-corrected chi connectivity index (χ4v) is 2.02. The SMILES string of the molecule is COc1c(C)c(C)cc(C)c1CN(C)CC#N. The van der Waals surface area contributed by atoms with Crippen molar-refractivity contribution in [2.45, 2.75) is 27.3 Å². The molecule has 0 amide bonds. The van der Waals surface area contributed by atoms with Crippen LogP contribution in [-0.2, 0) is 6.54 Å². The van der Waals surface area contributed by atoms with Crippen molar-refractivity contribution in [2.24, 2.45) is 0 Å². The summed E-state index contributed by atoms with van der Waals surface area (Å²) >= 11 is 0. The van der Waals surface area contributed by atoms with E-state index >= 15 is 0 Å². The van der Waals surface area contributed by atoms with Crippen LogP contribution in [0.5, 0.6) is 5.75 Å². The molecule has 1 aromatic rings. The average molecular weight is 232 g/mol. The maximum Gasteiger partial charge on any atom is 0.126 e. The van der Waals surface area contributed by atoms with Gasteiger partial charge in [0.1, 0.15) is 5.75 Å². The second kappa shape index (κ2) is 5.70. The van der Waals surface area contributed by atoms with Crippen molar-refractivity contribution in [1.29, 1.82) is 5.26 Å². The second-order valence-corrected chi connectivity index (χ2v) is 4.48. The normalized spacial score (nSPS) is 10.4. The Morgan fingerprint density at radius 3 is 2.47 bits per heavy atom. The molecule has 0 aromatic heterocycles. The molecule has 0 atom stereocenters. The minimum atomic E-state index is 0.426. The van der Waals surface area contributed by atoms with Crippen molar-refractivity contribution >= 4 is 0 Å². The van der Waals surface area contributed by atoms with Crippen LogP contribution in [0, 0.1) is 32.1 Å². The first-order valence-corrected chi connectivity index (χ1v) is 5.70. The van der Waals surface area contributed by atoms with Gasteiger partial charge in [0.05, 0.1) is 19.7 Å². The summed E-state index contributed by atoms with van der Waals surface area (Å²) in [6.45, 7) is 7.42. The van der Waals surface area contributed by atoms with E-state index < -0.39 is 0 Å². The van der Waals surface area contributed by atoms with Crippen molar-refractivity contribution in [1.82, 2.24) is 4.90 Å². The third-order valence-corrected chi connectivity index (χ3v) is 3.09. The molecular weight excluding hydrogens is 212 g/mol. The van der Waals surface area contributed by atoms with Gasteiger partial charge in [-0.2, -0.15) is 5.26 Å². The molecule has 1 rings (SSSR count). The van der Waals surface area contributed by atoms with Gasteiger partial charge in [-0.25, -0.2) is 0 Å². The van der Waals surface area contributed by atoms with Crippen molar-refractivity contribution in [2.75, 3.05) is 20.7 Å². The van der Waals surface area contributed by atoms with Gasteiger partial charge in [-0.3, -0.25) is 4.90 Å². The Kier molecular flexibility index (Phi) is 4.53. The molecule has 3 nitrogen and oxygen atoms in total. The van der Waals surface area contributed by atoms with Gasteiger partial charge in [0, 0.05) is 12.1 Å². The van der Waals surface area contributed by atoms with Crippen LogP contribution in [0.25, 0.3) is 0 Å². The Balaban J connectivity index is 3.14. The summed E-state index contributed by atoms with van der Waals surface area (Å²) in [4.78, 5) is 1.99. The molecule has 0 saturated carbocycles. The first kappa shape index (κ1) is 13.5. The van der Waals surface area contributed by atoms with E-state index in [9.17, 15) is 0 Å². The van der Waals surface area contributed by atoms with Gasteiger partial charge in [0.25, 0.3) is 0 Å². The topological polar surface area (TPSA) is 36.3 Å². The number of ether oxygens (including phenoxy) is 1. The Morgan fingerprint density at radius 2 is 1.94 bits per heavy atom. The van der Waals surface area contributed by atoms with Crippen LogP contribution < -0.4 is 4.74 Å². The van der Waals surface area contributed by atoms with Gasteiger partial charge in [0.2, 0.25) is 0 Å². The minimum absolute atomic E-state index is 0.426. The maximum atomic E-state index is 8.69. The zero-order chi connectivity index (χ0) is 13.0. The highest BCUT2D eigenvalue weighted by molar-refractivity contribution is 5.49. The summed E-state index contributed by atoms with van der Waals surface area (Å²) in [6.07, 6.45) is 0. The number of methoxy groups -OCH3 is 1. The number of hydrogen-bond acceptors (Lipinski definition) is 3. The summed E-state index contributed by atoms with van der Waals surface area (Å²) in [7, 11) is 3.65. The van der Waals surface area contributed by atoms with Gasteiger partial charge >= 0.3 is 0 Å². The third-order valence-electron chi connectivity index (χ3n) is 3.09. The smallest absolute Gasteiger partial charge is 0.126 e. The minimum Gasteiger partial charge on any atom is -0.496 e. The molecule has 17 heavy (non-hydrogen) atoms. The Hall–Kier alpha value is -1.53. The number of hydrogen-bond donors (Lipinski definition) is 0. The zero-order valence-corrected chi connectivity index (χ0v) is 11.3. The predicted octanol–water partition coefficient (Wildman–Crippen LogP) is 2.58. The van der Waals surface area contributed by atoms with Gasteiger partial charge in [-0.05, 0) is 44.5 Å². The van der Waals surface area contributed by atoms with Crippen LogP contribution in [0.1, 0.15) is 22.3 Å². The molecular formula is C14H20N2O. The highest BCUT2D eigenvalue weighted by Crippen LogP contribution is 2.30. The van der Waals surface area contributed by atoms with Gasteiger partial charge in [-0.1, -0.05) is 6.07 Å². The van der Waals surface area contributed by atoms with E-state index in [1.54, 1.807) is 7.11 Å². The number of nitrogens with zero attached hydrogens (tertiary/aromatic N) is 2. The molecule has 0 aliphatic heterocycles. The molecule has 0 fully saturated rings. The highest BCUT2D eigenvalue weighted by atomic mass is 16.5. The molecule has 0 aliphatic carbocycles. The van der Waals surface area contributed by atoms with Gasteiger partial charge in [-0.15, -0.1) is 0 Å². The fraction of sp³-hybridized carbons (Fsp3) is 0.500. The molecule has 0 saturated heterocycles. The lowest BCUT2D eigenvalue weighted by atomic mass is 9.98. The predicted molar refractivity (Wildman–Crippen MR) is 69.2 cm³/mol. The molecule has 1 aromatic carbocycles. The van der Waals surface area contributed by atoms with E-state index in [1.807, 2.05) is 11.9 Å². The zero-order valence-electron chi connectivity index (χ0n) is 11.3. The molecule has 0 bridgehead atoms. The van der Waals surface area contributed by atoms with Crippen LogP contribution >= 0.6 is 0 Å². The van der Waals surface area contributed by atoms with Crippen molar-refractivity contribution < 1.29 is 4.74 Å². The molecule has 92 valence electrons. The second-order valence-electron chi connectivity index (χ2n) is 4.48. The molecule has 0 heterocycles. The van der Waals surface area contributed by atoms with E-state index in [0.29, 0.717) is 6.54 Å². The van der Waals surface area contributed by atoms with E-state index in [-0.39, 0.29) is 0 Å². The van der Waals surface area contributed by atoms with Crippen LogP contribution in [0.3, 0.4) is 0 Å². The molecule has 0 unspecified atom stereocenters. The van der Waals surface area contributed by atoms with Crippen LogP contribution in [0.15, 0.2) is 6.07 Å². The number of aryl methyl sites for hydroxylation is 2. The number of nitriles is 1. The van der Waals surface area contributed by atoms with Crippen LogP contribution in [0.4, 0.5) is 0 Å². The summed E-state index contributed by atoms with van der Waals surface area (Å²) in [5.41, 5.74) is 4.81. The Labute approximate surface area is 104 Å². The quantitative estimate of drug-likeness (QED) is 0.749. The van der Waals surface area contributed by atoms with Crippen molar-refractivity contribution in [3.8, 4) is 11.8 Å². The monoisotopic (exact) mass is 232 g/mol. The first-order chi connectivity index (χ1) is 8.01. The standard InChI is InChI=1S/C14H20N2O/c1-10-8-11(2)13(9-16(4)7-6-15)14(17-5)12(10)3/h8H,7,9H2,1-5H3. The van der Waals surface area contributed by atoms with E-state index in [0.717, 1.165) is 12.3 Å². The first-order valence-electron chi connectivity index (χ1n) is 5.70. The summed E-state index contributed by atoms with van der Waals surface area (Å²) in [5.74, 6) is 0.951. The lowest BCUT2D eigenvalue weighted by Crippen LogP contribution is -2.19. The molecule has 0 spiro atoms. The van der Waals surface area contributed by atoms with E-state index in [1.165, 1.54) is 22.3 Å². The summed E-state index contributed by atoms with van der Waals surface area (Å²) < 4.78 is 5.51. The maximum absolute atomic E-state index is 8.69. The van der Waals surface area contributed by atoms with Crippen LogP contribution in [-0.4, -0.2) is 25.6 Å². The number of rotatable bonds is 4.